The van der Waals surface area contributed by atoms with Crippen LogP contribution in [0.1, 0.15) is 72.7 Å². The molecule has 0 bridgehead atoms. The molecule has 0 aliphatic carbocycles. The Morgan fingerprint density at radius 3 is 2.24 bits per heavy atom. The van der Waals surface area contributed by atoms with Crippen LogP contribution in [0.5, 0.6) is 0 Å². The number of aromatic nitrogens is 1. The molecule has 0 spiro atoms. The van der Waals surface area contributed by atoms with E-state index in [4.69, 9.17) is 15.4 Å². The number of rotatable bonds is 4. The van der Waals surface area contributed by atoms with Crippen molar-refractivity contribution in [2.75, 3.05) is 0 Å². The number of benzene rings is 5. The van der Waals surface area contributed by atoms with Crippen LogP contribution in [0.15, 0.2) is 95.5 Å². The third-order valence-corrected chi connectivity index (χ3v) is 8.10. The maximum Gasteiger partial charge on any atom is 0.145 e. The smallest absolute Gasteiger partial charge is 0.145 e. The molecule has 0 fully saturated rings. The van der Waals surface area contributed by atoms with Crippen molar-refractivity contribution in [1.82, 2.24) is 4.98 Å². The lowest BCUT2D eigenvalue weighted by Gasteiger charge is -2.18. The number of hydrogen-bond donors (Lipinski definition) is 0. The average Bonchev–Trinajstić information content (AvgIpc) is 3.41. The Labute approximate surface area is 252 Å². The zero-order valence-electron chi connectivity index (χ0n) is 31.5. The van der Waals surface area contributed by atoms with E-state index in [2.05, 4.69) is 4.98 Å². The summed E-state index contributed by atoms with van der Waals surface area (Å²) < 4.78 is 74.7. The molecule has 2 nitrogen and oxygen atoms in total. The van der Waals surface area contributed by atoms with Gasteiger partial charge in [0.1, 0.15) is 11.2 Å². The highest BCUT2D eigenvalue weighted by atomic mass is 16.3. The van der Waals surface area contributed by atoms with Crippen LogP contribution in [0.2, 0.25) is 0 Å². The molecule has 0 N–H and O–H groups in total. The van der Waals surface area contributed by atoms with Crippen molar-refractivity contribution in [2.45, 2.75) is 53.2 Å². The zero-order valence-corrected chi connectivity index (χ0v) is 23.5. The van der Waals surface area contributed by atoms with E-state index in [0.29, 0.717) is 55.4 Å². The quantitative estimate of drug-likeness (QED) is 0.207. The number of furan rings is 1. The Morgan fingerprint density at radius 2 is 1.44 bits per heavy atom. The van der Waals surface area contributed by atoms with Crippen LogP contribution in [0.4, 0.5) is 0 Å². The Balaban J connectivity index is 1.57. The summed E-state index contributed by atoms with van der Waals surface area (Å²) in [6.07, 6.45) is 1.34. The van der Waals surface area contributed by atoms with Gasteiger partial charge >= 0.3 is 0 Å². The highest BCUT2D eigenvalue weighted by Gasteiger charge is 2.20. The van der Waals surface area contributed by atoms with Gasteiger partial charge in [0.25, 0.3) is 0 Å². The summed E-state index contributed by atoms with van der Waals surface area (Å²) in [6, 6.07) is 26.3. The molecular weight excluding hydrogens is 498 g/mol. The topological polar surface area (TPSA) is 26.0 Å². The molecule has 0 unspecified atom stereocenters. The number of nitrogens with zero attached hydrogens (tertiary/aromatic N) is 1. The number of fused-ring (bicyclic) bond motifs is 7. The van der Waals surface area contributed by atoms with Crippen LogP contribution >= 0.6 is 0 Å². The van der Waals surface area contributed by atoms with E-state index in [1.54, 1.807) is 58.0 Å². The van der Waals surface area contributed by atoms with Crippen LogP contribution in [0.25, 0.3) is 65.9 Å². The van der Waals surface area contributed by atoms with E-state index in [1.807, 2.05) is 54.6 Å². The van der Waals surface area contributed by atoms with Gasteiger partial charge in [-0.2, -0.15) is 0 Å². The van der Waals surface area contributed by atoms with Gasteiger partial charge in [-0.3, -0.25) is 4.98 Å². The number of aryl methyl sites for hydroxylation is 2. The molecule has 2 heteroatoms. The third kappa shape index (κ3) is 4.04. The molecule has 0 radical (unpaired) electrons. The van der Waals surface area contributed by atoms with Crippen molar-refractivity contribution in [2.24, 2.45) is 0 Å². The Hall–Kier alpha value is -4.43. The van der Waals surface area contributed by atoms with Crippen LogP contribution < -0.4 is 0 Å². The predicted octanol–water partition coefficient (Wildman–Crippen LogP) is 11.5. The van der Waals surface area contributed by atoms with Crippen molar-refractivity contribution in [1.29, 1.82) is 0 Å². The Bertz CT molecular complexity index is 2440. The summed E-state index contributed by atoms with van der Waals surface area (Å²) >= 11 is 0. The predicted molar refractivity (Wildman–Crippen MR) is 175 cm³/mol. The normalized spacial score (nSPS) is 16.1. The van der Waals surface area contributed by atoms with Gasteiger partial charge in [-0.25, -0.2) is 0 Å². The highest BCUT2D eigenvalue weighted by Crippen LogP contribution is 2.43. The fourth-order valence-electron chi connectivity index (χ4n) is 5.96. The fourth-order valence-corrected chi connectivity index (χ4v) is 5.96. The van der Waals surface area contributed by atoms with E-state index in [-0.39, 0.29) is 11.1 Å². The maximum absolute atomic E-state index is 9.00. The second-order valence-corrected chi connectivity index (χ2v) is 11.2. The minimum atomic E-state index is -2.52. The first kappa shape index (κ1) is 18.1. The molecular formula is C39H35NO. The summed E-state index contributed by atoms with van der Waals surface area (Å²) in [5.41, 5.74) is 4.23. The van der Waals surface area contributed by atoms with Gasteiger partial charge in [0, 0.05) is 38.9 Å². The Morgan fingerprint density at radius 1 is 0.659 bits per heavy atom. The van der Waals surface area contributed by atoms with Crippen LogP contribution in [0.3, 0.4) is 0 Å². The largest absolute Gasteiger partial charge is 0.455 e. The first-order valence-electron chi connectivity index (χ1n) is 17.8. The fraction of sp³-hybridized carbons (Fsp3) is 0.205. The summed E-state index contributed by atoms with van der Waals surface area (Å²) in [5.74, 6) is -2.05. The van der Waals surface area contributed by atoms with Crippen LogP contribution in [-0.2, 0) is 0 Å². The van der Waals surface area contributed by atoms with Crippen molar-refractivity contribution in [3.63, 3.8) is 0 Å². The second kappa shape index (κ2) is 9.59. The summed E-state index contributed by atoms with van der Waals surface area (Å²) in [6.45, 7) is 2.07. The zero-order chi connectivity index (χ0) is 35.3. The summed E-state index contributed by atoms with van der Waals surface area (Å²) in [7, 11) is 0. The molecule has 0 aliphatic heterocycles. The molecule has 0 saturated carbocycles. The molecule has 2 heterocycles. The average molecular weight is 542 g/mol. The van der Waals surface area contributed by atoms with E-state index in [1.165, 1.54) is 6.20 Å². The second-order valence-electron chi connectivity index (χ2n) is 11.2. The molecule has 0 atom stereocenters. The lowest BCUT2D eigenvalue weighted by molar-refractivity contribution is 0.673. The molecule has 0 aliphatic rings. The first-order chi connectivity index (χ1) is 22.8. The molecule has 5 aromatic carbocycles. The molecule has 0 saturated heterocycles. The molecule has 7 rings (SSSR count). The van der Waals surface area contributed by atoms with Gasteiger partial charge in [0.05, 0.1) is 5.69 Å². The van der Waals surface area contributed by atoms with E-state index >= 15 is 0 Å². The van der Waals surface area contributed by atoms with Gasteiger partial charge in [0.2, 0.25) is 0 Å². The van der Waals surface area contributed by atoms with Gasteiger partial charge in [-0.1, -0.05) is 94.4 Å². The van der Waals surface area contributed by atoms with E-state index < -0.39 is 25.5 Å². The van der Waals surface area contributed by atoms with Gasteiger partial charge in [-0.05, 0) is 93.2 Å². The van der Waals surface area contributed by atoms with Gasteiger partial charge in [0.15, 0.2) is 0 Å². The maximum atomic E-state index is 9.00. The minimum Gasteiger partial charge on any atom is -0.455 e. The minimum absolute atomic E-state index is 0.0251. The molecule has 7 aromatic rings. The van der Waals surface area contributed by atoms with E-state index in [9.17, 15) is 0 Å². The molecule has 202 valence electrons. The summed E-state index contributed by atoms with van der Waals surface area (Å²) in [5, 5.41) is 4.96. The van der Waals surface area contributed by atoms with Crippen molar-refractivity contribution in [3.8, 4) is 22.4 Å². The third-order valence-electron chi connectivity index (χ3n) is 8.10. The van der Waals surface area contributed by atoms with Gasteiger partial charge < -0.3 is 4.42 Å². The standard InChI is InChI=1S/C39H35NO/c1-22(2)28-15-17-30(33(19-28)23(3)4)34-20-35(40-21-25(34)6)31-16-11-24(5)36-32-18-14-27-13-12-26-9-7-8-10-29(26)37(27)39(32)41-38(31)36/h7-23H,1-6H3/i5D3,6D3,22D,23D. The van der Waals surface area contributed by atoms with E-state index in [0.717, 1.165) is 21.5 Å². The molecule has 0 amide bonds. The monoisotopic (exact) mass is 541 g/mol. The van der Waals surface area contributed by atoms with Crippen molar-refractivity contribution in [3.05, 3.63) is 113 Å². The lowest BCUT2D eigenvalue weighted by atomic mass is 9.87. The molecule has 41 heavy (non-hydrogen) atoms. The van der Waals surface area contributed by atoms with Crippen molar-refractivity contribution < 1.29 is 15.4 Å². The highest BCUT2D eigenvalue weighted by molar-refractivity contribution is 6.24. The SMILES string of the molecule is [2H]C([2H])([2H])c1cnc(-c2ccc(C([2H])([2H])[2H])c3c2oc2c3ccc3ccc4ccccc4c32)cc1-c1ccc(C([2H])(C)C)cc1C([2H])(C)C. The summed E-state index contributed by atoms with van der Waals surface area (Å²) in [4.78, 5) is 4.64. The van der Waals surface area contributed by atoms with Crippen LogP contribution in [0, 0.1) is 13.7 Å². The van der Waals surface area contributed by atoms with Crippen LogP contribution in [-0.4, -0.2) is 4.98 Å². The van der Waals surface area contributed by atoms with Crippen molar-refractivity contribution >= 4 is 43.5 Å². The van der Waals surface area contributed by atoms with Gasteiger partial charge in [-0.15, -0.1) is 0 Å². The lowest BCUT2D eigenvalue weighted by Crippen LogP contribution is -1.99. The molecule has 2 aromatic heterocycles. The Kier molecular flexibility index (Phi) is 4.23. The first-order valence-corrected chi connectivity index (χ1v) is 13.8. The number of hydrogen-bond acceptors (Lipinski definition) is 2. The number of pyridine rings is 1.